The molecule has 1 aromatic rings. The summed E-state index contributed by atoms with van der Waals surface area (Å²) in [6.07, 6.45) is 0. The molecule has 0 radical (unpaired) electrons. The molecular weight excluding hydrogens is 276 g/mol. The zero-order valence-corrected chi connectivity index (χ0v) is 12.2. The van der Waals surface area contributed by atoms with Crippen LogP contribution in [0.3, 0.4) is 0 Å². The van der Waals surface area contributed by atoms with Crippen molar-refractivity contribution in [3.8, 4) is 5.75 Å². The number of para-hydroxylation sites is 1. The second kappa shape index (κ2) is 7.78. The van der Waals surface area contributed by atoms with E-state index < -0.39 is 11.8 Å². The Balaban J connectivity index is 3.00. The second-order valence-electron chi connectivity index (χ2n) is 3.94. The van der Waals surface area contributed by atoms with Gasteiger partial charge in [0, 0.05) is 0 Å². The number of hydrogen-bond donors (Lipinski definition) is 0. The van der Waals surface area contributed by atoms with Crippen molar-refractivity contribution in [3.63, 3.8) is 0 Å². The van der Waals surface area contributed by atoms with Crippen LogP contribution in [0.15, 0.2) is 34.6 Å². The third-order valence-electron chi connectivity index (χ3n) is 2.54. The Kier molecular flexibility index (Phi) is 6.06. The number of carbonyl (C=O) groups excluding carboxylic acids is 2. The number of Topliss-reactive ketones (excluding diaryl/α,β-unsaturated/α-hetero) is 1. The predicted molar refractivity (Wildman–Crippen MR) is 76.6 cm³/mol. The smallest absolute Gasteiger partial charge is 0.379 e. The van der Waals surface area contributed by atoms with E-state index in [2.05, 4.69) is 19.9 Å². The minimum Gasteiger partial charge on any atom is -0.463 e. The lowest BCUT2D eigenvalue weighted by Crippen LogP contribution is -2.16. The first kappa shape index (κ1) is 16.4. The molecule has 0 aromatic heterocycles. The van der Waals surface area contributed by atoms with Crippen LogP contribution in [-0.2, 0) is 14.4 Å². The molecule has 0 saturated heterocycles. The molecule has 1 aromatic carbocycles. The van der Waals surface area contributed by atoms with E-state index in [-0.39, 0.29) is 11.3 Å². The van der Waals surface area contributed by atoms with Crippen LogP contribution in [0.2, 0.25) is 0 Å². The molecule has 21 heavy (non-hydrogen) atoms. The van der Waals surface area contributed by atoms with Crippen LogP contribution in [-0.4, -0.2) is 37.4 Å². The summed E-state index contributed by atoms with van der Waals surface area (Å²) in [5.74, 6) is -1.62. The van der Waals surface area contributed by atoms with Crippen LogP contribution in [0, 0.1) is 0 Å². The molecule has 112 valence electrons. The van der Waals surface area contributed by atoms with Crippen molar-refractivity contribution in [2.45, 2.75) is 13.8 Å². The molecule has 0 aliphatic carbocycles. The van der Waals surface area contributed by atoms with Gasteiger partial charge in [-0.3, -0.25) is 4.79 Å². The average molecular weight is 292 g/mol. The van der Waals surface area contributed by atoms with Crippen molar-refractivity contribution < 1.29 is 24.0 Å². The van der Waals surface area contributed by atoms with E-state index in [4.69, 9.17) is 4.84 Å². The molecule has 0 amide bonds. The molecule has 0 unspecified atom stereocenters. The van der Waals surface area contributed by atoms with Crippen LogP contribution >= 0.6 is 0 Å². The Morgan fingerprint density at radius 2 is 1.62 bits per heavy atom. The fourth-order valence-electron chi connectivity index (χ4n) is 1.32. The van der Waals surface area contributed by atoms with Gasteiger partial charge in [-0.25, -0.2) is 4.79 Å². The SMILES string of the molecule is CO/N=C(C)/C(C)=N/Oc1ccccc1C(=O)C(=O)OC. The lowest BCUT2D eigenvalue weighted by atomic mass is 10.1. The fourth-order valence-corrected chi connectivity index (χ4v) is 1.32. The van der Waals surface area contributed by atoms with E-state index in [1.54, 1.807) is 26.0 Å². The maximum atomic E-state index is 11.8. The summed E-state index contributed by atoms with van der Waals surface area (Å²) in [4.78, 5) is 33.0. The normalized spacial score (nSPS) is 11.8. The number of carbonyl (C=O) groups is 2. The largest absolute Gasteiger partial charge is 0.463 e. The van der Waals surface area contributed by atoms with Crippen LogP contribution < -0.4 is 4.84 Å². The number of oxime groups is 2. The number of methoxy groups -OCH3 is 1. The third kappa shape index (κ3) is 4.41. The first-order chi connectivity index (χ1) is 10.0. The molecule has 0 bridgehead atoms. The van der Waals surface area contributed by atoms with Crippen LogP contribution in [0.25, 0.3) is 0 Å². The zero-order valence-electron chi connectivity index (χ0n) is 12.2. The molecule has 0 spiro atoms. The van der Waals surface area contributed by atoms with Crippen LogP contribution in [0.5, 0.6) is 5.75 Å². The second-order valence-corrected chi connectivity index (χ2v) is 3.94. The lowest BCUT2D eigenvalue weighted by Gasteiger charge is -2.06. The van der Waals surface area contributed by atoms with Gasteiger partial charge in [0.25, 0.3) is 5.78 Å². The van der Waals surface area contributed by atoms with E-state index in [1.807, 2.05) is 0 Å². The lowest BCUT2D eigenvalue weighted by molar-refractivity contribution is -0.135. The summed E-state index contributed by atoms with van der Waals surface area (Å²) in [6, 6.07) is 6.24. The zero-order chi connectivity index (χ0) is 15.8. The van der Waals surface area contributed by atoms with Gasteiger partial charge < -0.3 is 14.4 Å². The highest BCUT2D eigenvalue weighted by Crippen LogP contribution is 2.19. The van der Waals surface area contributed by atoms with Gasteiger partial charge in [0.05, 0.1) is 12.7 Å². The number of hydrogen-bond acceptors (Lipinski definition) is 7. The van der Waals surface area contributed by atoms with Crippen molar-refractivity contribution in [1.29, 1.82) is 0 Å². The molecular formula is C14H16N2O5. The van der Waals surface area contributed by atoms with Gasteiger partial charge in [0.1, 0.15) is 18.5 Å². The standard InChI is InChI=1S/C14H16N2O5/c1-9(15-20-4)10(2)16-21-12-8-6-5-7-11(12)13(17)14(18)19-3/h5-8H,1-4H3/b15-9+,16-10+. The Morgan fingerprint density at radius 3 is 2.24 bits per heavy atom. The van der Waals surface area contributed by atoms with E-state index in [9.17, 15) is 9.59 Å². The Hall–Kier alpha value is -2.70. The summed E-state index contributed by atoms with van der Waals surface area (Å²) >= 11 is 0. The van der Waals surface area contributed by atoms with Crippen molar-refractivity contribution in [2.75, 3.05) is 14.2 Å². The average Bonchev–Trinajstić information content (AvgIpc) is 2.51. The molecule has 0 fully saturated rings. The summed E-state index contributed by atoms with van der Waals surface area (Å²) in [5, 5.41) is 7.54. The first-order valence-electron chi connectivity index (χ1n) is 6.02. The van der Waals surface area contributed by atoms with Crippen molar-refractivity contribution in [1.82, 2.24) is 0 Å². The fraction of sp³-hybridized carbons (Fsp3) is 0.286. The molecule has 0 aliphatic rings. The molecule has 0 saturated carbocycles. The molecule has 0 heterocycles. The molecule has 7 nitrogen and oxygen atoms in total. The quantitative estimate of drug-likeness (QED) is 0.262. The topological polar surface area (TPSA) is 86.6 Å². The number of esters is 1. The van der Waals surface area contributed by atoms with Gasteiger partial charge in [0.2, 0.25) is 0 Å². The number of benzene rings is 1. The number of ketones is 1. The maximum Gasteiger partial charge on any atom is 0.379 e. The van der Waals surface area contributed by atoms with Crippen molar-refractivity contribution >= 4 is 23.2 Å². The van der Waals surface area contributed by atoms with Crippen molar-refractivity contribution in [2.24, 2.45) is 10.3 Å². The van der Waals surface area contributed by atoms with Gasteiger partial charge >= 0.3 is 5.97 Å². The number of rotatable bonds is 6. The van der Waals surface area contributed by atoms with Gasteiger partial charge in [-0.05, 0) is 26.0 Å². The number of nitrogens with zero attached hydrogens (tertiary/aromatic N) is 2. The monoisotopic (exact) mass is 292 g/mol. The highest BCUT2D eigenvalue weighted by Gasteiger charge is 2.21. The first-order valence-corrected chi connectivity index (χ1v) is 6.02. The van der Waals surface area contributed by atoms with Crippen LogP contribution in [0.4, 0.5) is 0 Å². The van der Waals surface area contributed by atoms with E-state index in [0.717, 1.165) is 7.11 Å². The van der Waals surface area contributed by atoms with E-state index in [0.29, 0.717) is 11.4 Å². The van der Waals surface area contributed by atoms with Crippen molar-refractivity contribution in [3.05, 3.63) is 29.8 Å². The molecule has 7 heteroatoms. The predicted octanol–water partition coefficient (Wildman–Crippen LogP) is 1.82. The Labute approximate surface area is 122 Å². The minimum atomic E-state index is -0.969. The summed E-state index contributed by atoms with van der Waals surface area (Å²) in [6.45, 7) is 3.36. The van der Waals surface area contributed by atoms with E-state index in [1.165, 1.54) is 19.2 Å². The summed E-state index contributed by atoms with van der Waals surface area (Å²) < 4.78 is 4.40. The third-order valence-corrected chi connectivity index (χ3v) is 2.54. The Bertz CT molecular complexity index is 593. The van der Waals surface area contributed by atoms with Gasteiger partial charge in [-0.15, -0.1) is 0 Å². The van der Waals surface area contributed by atoms with Gasteiger partial charge in [-0.2, -0.15) is 0 Å². The Morgan fingerprint density at radius 1 is 1.00 bits per heavy atom. The van der Waals surface area contributed by atoms with Gasteiger partial charge in [-0.1, -0.05) is 22.4 Å². The highest BCUT2D eigenvalue weighted by molar-refractivity contribution is 6.41. The molecule has 0 aliphatic heterocycles. The molecule has 0 atom stereocenters. The molecule has 0 N–H and O–H groups in total. The molecule has 1 rings (SSSR count). The minimum absolute atomic E-state index is 0.0715. The summed E-state index contributed by atoms with van der Waals surface area (Å²) in [7, 11) is 2.55. The van der Waals surface area contributed by atoms with E-state index >= 15 is 0 Å². The van der Waals surface area contributed by atoms with Crippen LogP contribution in [0.1, 0.15) is 24.2 Å². The summed E-state index contributed by atoms with van der Waals surface area (Å²) in [5.41, 5.74) is 1.06. The van der Waals surface area contributed by atoms with Gasteiger partial charge in [0.15, 0.2) is 5.75 Å². The maximum absolute atomic E-state index is 11.8. The number of ether oxygens (including phenoxy) is 1. The highest BCUT2D eigenvalue weighted by atomic mass is 16.6.